The molecule has 1 aromatic carbocycles. The van der Waals surface area contributed by atoms with Gasteiger partial charge in [-0.3, -0.25) is 4.79 Å². The van der Waals surface area contributed by atoms with Crippen molar-refractivity contribution in [3.63, 3.8) is 0 Å². The van der Waals surface area contributed by atoms with Gasteiger partial charge in [-0.1, -0.05) is 12.1 Å². The number of benzene rings is 1. The van der Waals surface area contributed by atoms with Gasteiger partial charge in [0, 0.05) is 32.4 Å². The summed E-state index contributed by atoms with van der Waals surface area (Å²) >= 11 is 0. The molecule has 0 fully saturated rings. The Morgan fingerprint density at radius 3 is 2.72 bits per heavy atom. The average molecular weight is 402 g/mol. The van der Waals surface area contributed by atoms with Gasteiger partial charge in [0.1, 0.15) is 12.3 Å². The number of methoxy groups -OCH3 is 1. The van der Waals surface area contributed by atoms with Gasteiger partial charge in [0.2, 0.25) is 5.95 Å². The average Bonchev–Trinajstić information content (AvgIpc) is 2.75. The van der Waals surface area contributed by atoms with Gasteiger partial charge < -0.3 is 30.7 Å². The molecule has 0 unspecified atom stereocenters. The molecule has 9 heteroatoms. The molecule has 158 valence electrons. The molecule has 0 bridgehead atoms. The second kappa shape index (κ2) is 12.5. The fourth-order valence-electron chi connectivity index (χ4n) is 2.56. The third-order valence-electron chi connectivity index (χ3n) is 4.12. The minimum Gasteiger partial charge on any atom is -0.493 e. The summed E-state index contributed by atoms with van der Waals surface area (Å²) in [5.41, 5.74) is 5.71. The number of carbonyl (C=O) groups is 1. The largest absolute Gasteiger partial charge is 0.493 e. The van der Waals surface area contributed by atoms with Crippen LogP contribution in [0.25, 0.3) is 0 Å². The number of rotatable bonds is 13. The van der Waals surface area contributed by atoms with Crippen LogP contribution in [0.1, 0.15) is 16.9 Å². The second-order valence-electron chi connectivity index (χ2n) is 6.39. The Bertz CT molecular complexity index is 759. The smallest absolute Gasteiger partial charge is 0.270 e. The molecule has 1 heterocycles. The lowest BCUT2D eigenvalue weighted by Gasteiger charge is -2.17. The molecule has 9 nitrogen and oxygen atoms in total. The van der Waals surface area contributed by atoms with Crippen molar-refractivity contribution in [1.82, 2.24) is 20.2 Å². The van der Waals surface area contributed by atoms with E-state index in [4.69, 9.17) is 15.2 Å². The quantitative estimate of drug-likeness (QED) is 0.425. The van der Waals surface area contributed by atoms with Gasteiger partial charge in [0.15, 0.2) is 11.5 Å². The zero-order chi connectivity index (χ0) is 20.9. The first kappa shape index (κ1) is 22.4. The fraction of sp³-hybridized carbons (Fsp3) is 0.450. The highest BCUT2D eigenvalue weighted by molar-refractivity contribution is 5.92. The summed E-state index contributed by atoms with van der Waals surface area (Å²) in [4.78, 5) is 22.5. The number of hydrogen-bond donors (Lipinski definition) is 3. The molecule has 2 rings (SSSR count). The van der Waals surface area contributed by atoms with Gasteiger partial charge in [0.25, 0.3) is 5.91 Å². The topological polar surface area (TPSA) is 115 Å². The van der Waals surface area contributed by atoms with Gasteiger partial charge in [-0.2, -0.15) is 0 Å². The molecule has 0 atom stereocenters. The molecule has 1 amide bonds. The maximum Gasteiger partial charge on any atom is 0.270 e. The summed E-state index contributed by atoms with van der Waals surface area (Å²) in [5, 5.41) is 5.84. The van der Waals surface area contributed by atoms with Gasteiger partial charge in [-0.05, 0) is 38.2 Å². The molecule has 0 saturated heterocycles. The first-order valence-corrected chi connectivity index (χ1v) is 9.63. The number of nitrogens with two attached hydrogens (primary N) is 1. The van der Waals surface area contributed by atoms with E-state index in [2.05, 4.69) is 25.5 Å². The zero-order valence-corrected chi connectivity index (χ0v) is 17.1. The highest BCUT2D eigenvalue weighted by Crippen LogP contribution is 2.25. The number of hydrogen-bond acceptors (Lipinski definition) is 8. The van der Waals surface area contributed by atoms with Gasteiger partial charge in [-0.15, -0.1) is 0 Å². The van der Waals surface area contributed by atoms with Crippen LogP contribution in [0.4, 0.5) is 5.95 Å². The number of para-hydroxylation sites is 2. The Kier molecular flexibility index (Phi) is 9.67. The molecule has 0 spiro atoms. The number of aromatic nitrogens is 2. The Balaban J connectivity index is 1.65. The van der Waals surface area contributed by atoms with Crippen LogP contribution in [-0.2, 0) is 0 Å². The van der Waals surface area contributed by atoms with E-state index in [1.807, 2.05) is 31.3 Å². The molecule has 0 aliphatic rings. The van der Waals surface area contributed by atoms with Gasteiger partial charge in [-0.25, -0.2) is 9.97 Å². The Morgan fingerprint density at radius 2 is 1.97 bits per heavy atom. The van der Waals surface area contributed by atoms with Crippen molar-refractivity contribution in [3.05, 3.63) is 42.2 Å². The Morgan fingerprint density at radius 1 is 1.17 bits per heavy atom. The third kappa shape index (κ3) is 7.92. The minimum absolute atomic E-state index is 0.254. The van der Waals surface area contributed by atoms with Crippen molar-refractivity contribution >= 4 is 11.9 Å². The molecule has 29 heavy (non-hydrogen) atoms. The molecule has 4 N–H and O–H groups in total. The van der Waals surface area contributed by atoms with Crippen molar-refractivity contribution in [1.29, 1.82) is 0 Å². The summed E-state index contributed by atoms with van der Waals surface area (Å²) in [6, 6.07) is 9.19. The van der Waals surface area contributed by atoms with Crippen LogP contribution in [0.15, 0.2) is 36.5 Å². The standard InChI is InChI=1S/C20H30N6O3/c1-26(14-15-29-18-7-4-3-6-17(18)28-2)13-5-10-23-20-24-11-8-16(25-20)19(27)22-12-9-21/h3-4,6-8,11H,5,9-10,12-15,21H2,1-2H3,(H,22,27)(H,23,24,25). The van der Waals surface area contributed by atoms with E-state index in [0.29, 0.717) is 37.9 Å². The lowest BCUT2D eigenvalue weighted by molar-refractivity contribution is 0.0949. The first-order valence-electron chi connectivity index (χ1n) is 9.63. The third-order valence-corrected chi connectivity index (χ3v) is 4.12. The van der Waals surface area contributed by atoms with E-state index >= 15 is 0 Å². The highest BCUT2D eigenvalue weighted by atomic mass is 16.5. The summed E-state index contributed by atoms with van der Waals surface area (Å²) in [6.07, 6.45) is 2.46. The van der Waals surface area contributed by atoms with Gasteiger partial charge >= 0.3 is 0 Å². The highest BCUT2D eigenvalue weighted by Gasteiger charge is 2.08. The van der Waals surface area contributed by atoms with Crippen LogP contribution < -0.4 is 25.8 Å². The predicted octanol–water partition coefficient (Wildman–Crippen LogP) is 0.987. The van der Waals surface area contributed by atoms with Crippen molar-refractivity contribution in [3.8, 4) is 11.5 Å². The monoisotopic (exact) mass is 402 g/mol. The predicted molar refractivity (Wildman–Crippen MR) is 113 cm³/mol. The van der Waals surface area contributed by atoms with E-state index < -0.39 is 0 Å². The maximum absolute atomic E-state index is 11.9. The van der Waals surface area contributed by atoms with Gasteiger partial charge in [0.05, 0.1) is 7.11 Å². The first-order chi connectivity index (χ1) is 14.1. The summed E-state index contributed by atoms with van der Waals surface area (Å²) < 4.78 is 11.1. The SMILES string of the molecule is COc1ccccc1OCCN(C)CCCNc1nccc(C(=O)NCCN)n1. The van der Waals surface area contributed by atoms with Crippen LogP contribution in [0.3, 0.4) is 0 Å². The number of carbonyl (C=O) groups excluding carboxylic acids is 1. The van der Waals surface area contributed by atoms with Crippen molar-refractivity contribution in [2.45, 2.75) is 6.42 Å². The normalized spacial score (nSPS) is 10.6. The summed E-state index contributed by atoms with van der Waals surface area (Å²) in [6.45, 7) is 3.77. The number of nitrogens with one attached hydrogen (secondary N) is 2. The van der Waals surface area contributed by atoms with Crippen molar-refractivity contribution < 1.29 is 14.3 Å². The van der Waals surface area contributed by atoms with E-state index in [1.165, 1.54) is 0 Å². The zero-order valence-electron chi connectivity index (χ0n) is 17.1. The van der Waals surface area contributed by atoms with Crippen LogP contribution in [0, 0.1) is 0 Å². The van der Waals surface area contributed by atoms with Crippen LogP contribution in [-0.4, -0.2) is 74.3 Å². The number of anilines is 1. The second-order valence-corrected chi connectivity index (χ2v) is 6.39. The van der Waals surface area contributed by atoms with E-state index in [9.17, 15) is 4.79 Å². The molecular formula is C20H30N6O3. The molecule has 0 aliphatic carbocycles. The molecule has 1 aromatic heterocycles. The lowest BCUT2D eigenvalue weighted by atomic mass is 10.3. The number of nitrogens with zero attached hydrogens (tertiary/aromatic N) is 3. The van der Waals surface area contributed by atoms with E-state index in [0.717, 1.165) is 31.0 Å². The summed E-state index contributed by atoms with van der Waals surface area (Å²) in [5.74, 6) is 1.67. The Labute approximate surface area is 171 Å². The van der Waals surface area contributed by atoms with Crippen LogP contribution >= 0.6 is 0 Å². The van der Waals surface area contributed by atoms with Crippen LogP contribution in [0.2, 0.25) is 0 Å². The molecular weight excluding hydrogens is 372 g/mol. The number of ether oxygens (including phenoxy) is 2. The number of likely N-dealkylation sites (N-methyl/N-ethyl adjacent to an activating group) is 1. The molecule has 0 saturated carbocycles. The van der Waals surface area contributed by atoms with E-state index in [-0.39, 0.29) is 5.91 Å². The van der Waals surface area contributed by atoms with Crippen molar-refractivity contribution in [2.75, 3.05) is 58.8 Å². The van der Waals surface area contributed by atoms with Crippen LogP contribution in [0.5, 0.6) is 11.5 Å². The minimum atomic E-state index is -0.254. The molecule has 2 aromatic rings. The fourth-order valence-corrected chi connectivity index (χ4v) is 2.56. The molecule has 0 aliphatic heterocycles. The summed E-state index contributed by atoms with van der Waals surface area (Å²) in [7, 11) is 3.68. The molecule has 0 radical (unpaired) electrons. The van der Waals surface area contributed by atoms with E-state index in [1.54, 1.807) is 19.4 Å². The van der Waals surface area contributed by atoms with Crippen molar-refractivity contribution in [2.24, 2.45) is 5.73 Å². The Hall–Kier alpha value is -2.91. The maximum atomic E-state index is 11.9. The lowest BCUT2D eigenvalue weighted by Crippen LogP contribution is -2.30. The number of amides is 1.